The number of nitrogens with one attached hydrogen (secondary N) is 2. The van der Waals surface area contributed by atoms with E-state index in [1.54, 1.807) is 0 Å². The summed E-state index contributed by atoms with van der Waals surface area (Å²) in [4.78, 5) is 15.4. The maximum absolute atomic E-state index is 14.1. The Bertz CT molecular complexity index is 867. The Morgan fingerprint density at radius 3 is 2.42 bits per heavy atom. The second-order valence-electron chi connectivity index (χ2n) is 5.73. The third-order valence-corrected chi connectivity index (χ3v) is 4.27. The van der Waals surface area contributed by atoms with Crippen molar-refractivity contribution in [2.75, 3.05) is 5.32 Å². The van der Waals surface area contributed by atoms with Crippen LogP contribution in [0.1, 0.15) is 32.3 Å². The number of aromatic amines is 1. The summed E-state index contributed by atoms with van der Waals surface area (Å²) in [5.41, 5.74) is -0.226. The fourth-order valence-electron chi connectivity index (χ4n) is 2.99. The SMILES string of the molecule is CCC1=CC(CC)Nc2[nH]c(-c3c(F)cccc3F)c(O)c(=O)c21. The highest BCUT2D eigenvalue weighted by molar-refractivity contribution is 5.82. The topological polar surface area (TPSA) is 65.1 Å². The van der Waals surface area contributed by atoms with E-state index in [-0.39, 0.29) is 11.7 Å². The van der Waals surface area contributed by atoms with Crippen molar-refractivity contribution in [3.05, 3.63) is 51.7 Å². The molecule has 0 aliphatic carbocycles. The molecule has 0 saturated carbocycles. The largest absolute Gasteiger partial charge is 0.503 e. The molecule has 1 aliphatic rings. The van der Waals surface area contributed by atoms with E-state index in [1.807, 2.05) is 19.9 Å². The van der Waals surface area contributed by atoms with E-state index in [0.717, 1.165) is 24.1 Å². The van der Waals surface area contributed by atoms with Crippen LogP contribution in [0, 0.1) is 11.6 Å². The highest BCUT2D eigenvalue weighted by atomic mass is 19.1. The molecule has 1 unspecified atom stereocenters. The normalized spacial score (nSPS) is 16.3. The van der Waals surface area contributed by atoms with Gasteiger partial charge in [-0.2, -0.15) is 0 Å². The zero-order valence-electron chi connectivity index (χ0n) is 13.4. The molecule has 126 valence electrons. The Hall–Kier alpha value is -2.63. The lowest BCUT2D eigenvalue weighted by Gasteiger charge is -2.25. The van der Waals surface area contributed by atoms with Crippen LogP contribution in [0.5, 0.6) is 5.75 Å². The van der Waals surface area contributed by atoms with Crippen molar-refractivity contribution in [2.45, 2.75) is 32.7 Å². The number of rotatable bonds is 3. The van der Waals surface area contributed by atoms with E-state index in [2.05, 4.69) is 10.3 Å². The van der Waals surface area contributed by atoms with Gasteiger partial charge in [-0.15, -0.1) is 0 Å². The second kappa shape index (κ2) is 6.11. The van der Waals surface area contributed by atoms with Crippen molar-refractivity contribution in [2.24, 2.45) is 0 Å². The smallest absolute Gasteiger partial charge is 0.233 e. The molecule has 0 bridgehead atoms. The summed E-state index contributed by atoms with van der Waals surface area (Å²) < 4.78 is 28.1. The predicted molar refractivity (Wildman–Crippen MR) is 90.0 cm³/mol. The average molecular weight is 332 g/mol. The zero-order chi connectivity index (χ0) is 17.4. The summed E-state index contributed by atoms with van der Waals surface area (Å²) in [6.45, 7) is 3.90. The maximum Gasteiger partial charge on any atom is 0.233 e. The van der Waals surface area contributed by atoms with Crippen molar-refractivity contribution in [1.29, 1.82) is 0 Å². The van der Waals surface area contributed by atoms with Gasteiger partial charge in [0, 0.05) is 6.04 Å². The molecule has 2 heterocycles. The van der Waals surface area contributed by atoms with Crippen LogP contribution in [0.2, 0.25) is 0 Å². The van der Waals surface area contributed by atoms with E-state index < -0.39 is 28.4 Å². The predicted octanol–water partition coefficient (Wildman–Crippen LogP) is 4.02. The molecule has 0 amide bonds. The van der Waals surface area contributed by atoms with Gasteiger partial charge in [-0.05, 0) is 30.5 Å². The molecule has 1 aromatic heterocycles. The first-order chi connectivity index (χ1) is 11.5. The standard InChI is InChI=1S/C18H18F2N2O2/c1-3-9-8-10(4-2)21-18-13(9)16(23)17(24)15(22-18)14-11(19)6-5-7-12(14)20/h5-8,10,24H,3-4H2,1-2H3,(H2,21,22,23). The Labute approximate surface area is 137 Å². The van der Waals surface area contributed by atoms with Crippen LogP contribution < -0.4 is 10.7 Å². The molecule has 1 aromatic carbocycles. The van der Waals surface area contributed by atoms with Gasteiger partial charge in [0.05, 0.1) is 16.8 Å². The molecule has 2 aromatic rings. The molecule has 0 spiro atoms. The Kier molecular flexibility index (Phi) is 4.13. The van der Waals surface area contributed by atoms with Crippen LogP contribution in [0.25, 0.3) is 16.8 Å². The molecular weight excluding hydrogens is 314 g/mol. The Morgan fingerprint density at radius 1 is 1.17 bits per heavy atom. The van der Waals surface area contributed by atoms with E-state index >= 15 is 0 Å². The summed E-state index contributed by atoms with van der Waals surface area (Å²) in [5.74, 6) is -2.01. The molecule has 0 radical (unpaired) electrons. The number of fused-ring (bicyclic) bond motifs is 1. The average Bonchev–Trinajstić information content (AvgIpc) is 2.57. The lowest BCUT2D eigenvalue weighted by atomic mass is 9.95. The van der Waals surface area contributed by atoms with Crippen molar-refractivity contribution in [1.82, 2.24) is 4.98 Å². The summed E-state index contributed by atoms with van der Waals surface area (Å²) in [6.07, 6.45) is 3.34. The molecule has 1 atom stereocenters. The number of benzene rings is 1. The second-order valence-corrected chi connectivity index (χ2v) is 5.73. The molecule has 0 fully saturated rings. The Morgan fingerprint density at radius 2 is 1.83 bits per heavy atom. The van der Waals surface area contributed by atoms with Gasteiger partial charge in [-0.1, -0.05) is 26.0 Å². The summed E-state index contributed by atoms with van der Waals surface area (Å²) >= 11 is 0. The number of H-pyrrole nitrogens is 1. The summed E-state index contributed by atoms with van der Waals surface area (Å²) in [5, 5.41) is 13.4. The minimum absolute atomic E-state index is 0.00552. The summed E-state index contributed by atoms with van der Waals surface area (Å²) in [7, 11) is 0. The van der Waals surface area contributed by atoms with Crippen LogP contribution in [0.4, 0.5) is 14.6 Å². The van der Waals surface area contributed by atoms with Crippen LogP contribution in [0.3, 0.4) is 0 Å². The third-order valence-electron chi connectivity index (χ3n) is 4.27. The lowest BCUT2D eigenvalue weighted by molar-refractivity contribution is 0.468. The van der Waals surface area contributed by atoms with Crippen LogP contribution in [0.15, 0.2) is 29.1 Å². The first-order valence-electron chi connectivity index (χ1n) is 7.89. The first-order valence-corrected chi connectivity index (χ1v) is 7.89. The van der Waals surface area contributed by atoms with Crippen LogP contribution >= 0.6 is 0 Å². The molecule has 6 heteroatoms. The number of hydrogen-bond acceptors (Lipinski definition) is 3. The molecular formula is C18H18F2N2O2. The highest BCUT2D eigenvalue weighted by Gasteiger charge is 2.26. The molecule has 1 aliphatic heterocycles. The number of aromatic nitrogens is 1. The van der Waals surface area contributed by atoms with Crippen molar-refractivity contribution < 1.29 is 13.9 Å². The number of hydrogen-bond donors (Lipinski definition) is 3. The molecule has 3 rings (SSSR count). The monoisotopic (exact) mass is 332 g/mol. The lowest BCUT2D eigenvalue weighted by Crippen LogP contribution is -2.26. The summed E-state index contributed by atoms with van der Waals surface area (Å²) in [6, 6.07) is 3.39. The number of anilines is 1. The van der Waals surface area contributed by atoms with Gasteiger partial charge >= 0.3 is 0 Å². The third kappa shape index (κ3) is 2.48. The van der Waals surface area contributed by atoms with Crippen molar-refractivity contribution in [3.8, 4) is 17.0 Å². The minimum atomic E-state index is -0.852. The molecule has 0 saturated heterocycles. The number of halogens is 2. The fourth-order valence-corrected chi connectivity index (χ4v) is 2.99. The number of aromatic hydroxyl groups is 1. The van der Waals surface area contributed by atoms with E-state index in [1.165, 1.54) is 6.07 Å². The van der Waals surface area contributed by atoms with Gasteiger partial charge < -0.3 is 15.4 Å². The highest BCUT2D eigenvalue weighted by Crippen LogP contribution is 2.36. The zero-order valence-corrected chi connectivity index (χ0v) is 13.4. The van der Waals surface area contributed by atoms with Crippen molar-refractivity contribution >= 4 is 11.4 Å². The maximum atomic E-state index is 14.1. The Balaban J connectivity index is 2.29. The minimum Gasteiger partial charge on any atom is -0.503 e. The number of allylic oxidation sites excluding steroid dienone is 1. The molecule has 4 nitrogen and oxygen atoms in total. The van der Waals surface area contributed by atoms with Crippen LogP contribution in [-0.4, -0.2) is 16.1 Å². The van der Waals surface area contributed by atoms with E-state index in [9.17, 15) is 18.7 Å². The van der Waals surface area contributed by atoms with Crippen molar-refractivity contribution in [3.63, 3.8) is 0 Å². The molecule has 24 heavy (non-hydrogen) atoms. The van der Waals surface area contributed by atoms with Gasteiger partial charge in [0.2, 0.25) is 5.43 Å². The molecule has 3 N–H and O–H groups in total. The van der Waals surface area contributed by atoms with Crippen LogP contribution in [-0.2, 0) is 0 Å². The first kappa shape index (κ1) is 16.2. The number of pyridine rings is 1. The van der Waals surface area contributed by atoms with Gasteiger partial charge in [0.1, 0.15) is 17.5 Å². The fraction of sp³-hybridized carbons (Fsp3) is 0.278. The van der Waals surface area contributed by atoms with E-state index in [4.69, 9.17) is 0 Å². The van der Waals surface area contributed by atoms with Gasteiger partial charge in [-0.3, -0.25) is 4.79 Å². The van der Waals surface area contributed by atoms with Gasteiger partial charge in [0.25, 0.3) is 0 Å². The van der Waals surface area contributed by atoms with Gasteiger partial charge in [-0.25, -0.2) is 8.78 Å². The quantitative estimate of drug-likeness (QED) is 0.795. The van der Waals surface area contributed by atoms with E-state index in [0.29, 0.717) is 17.8 Å². The van der Waals surface area contributed by atoms with Gasteiger partial charge in [0.15, 0.2) is 5.75 Å².